The van der Waals surface area contributed by atoms with Crippen molar-refractivity contribution in [1.29, 1.82) is 0 Å². The summed E-state index contributed by atoms with van der Waals surface area (Å²) in [5.41, 5.74) is 0.834. The second-order valence-electron chi connectivity index (χ2n) is 4.84. The summed E-state index contributed by atoms with van der Waals surface area (Å²) >= 11 is 0. The number of aromatic nitrogens is 6. The van der Waals surface area contributed by atoms with E-state index in [1.165, 1.54) is 0 Å². The Kier molecular flexibility index (Phi) is 13.8. The summed E-state index contributed by atoms with van der Waals surface area (Å²) < 4.78 is 3.28. The number of anilines is 1. The fourth-order valence-corrected chi connectivity index (χ4v) is 2.11. The Hall–Kier alpha value is -3.36. The summed E-state index contributed by atoms with van der Waals surface area (Å²) in [5, 5.41) is 11.6. The van der Waals surface area contributed by atoms with Gasteiger partial charge in [0.2, 0.25) is 0 Å². The number of nitrogens with one attached hydrogen (secondary N) is 1. The van der Waals surface area contributed by atoms with Gasteiger partial charge in [0.05, 0.1) is 6.21 Å². The standard InChI is InChI=1S/C15H17N9.3C2H6/c1-11-13(20-12(17-3)10-16-2)21-15(24-9-5-7-19-24)22-14(11)23-8-4-6-18-23;3*1-2/h4-10H,1-3H3,(H,17,20,21,22);3*1-2H3. The third-order valence-electron chi connectivity index (χ3n) is 3.28. The third kappa shape index (κ3) is 7.23. The molecule has 0 aliphatic rings. The SMILES string of the molecule is CC.CC.CC.CN=CC(=NC)Nc1nc(-n2cccn2)nc(-n2cccn2)c1C. The van der Waals surface area contributed by atoms with E-state index in [0.717, 1.165) is 5.56 Å². The highest BCUT2D eigenvalue weighted by atomic mass is 15.4. The molecule has 30 heavy (non-hydrogen) atoms. The van der Waals surface area contributed by atoms with Gasteiger partial charge in [0.25, 0.3) is 5.95 Å². The Balaban J connectivity index is 0.00000129. The second kappa shape index (κ2) is 15.5. The van der Waals surface area contributed by atoms with Crippen LogP contribution in [0.25, 0.3) is 11.8 Å². The lowest BCUT2D eigenvalue weighted by molar-refractivity contribution is 0.770. The first-order valence-electron chi connectivity index (χ1n) is 10.3. The average molecular weight is 414 g/mol. The maximum atomic E-state index is 4.57. The average Bonchev–Trinajstić information content (AvgIpc) is 3.53. The molecule has 3 heterocycles. The zero-order chi connectivity index (χ0) is 22.9. The molecule has 0 aliphatic heterocycles. The molecular weight excluding hydrogens is 378 g/mol. The van der Waals surface area contributed by atoms with Crippen molar-refractivity contribution in [3.63, 3.8) is 0 Å². The Morgan fingerprint density at radius 1 is 0.900 bits per heavy atom. The van der Waals surface area contributed by atoms with Gasteiger partial charge in [-0.15, -0.1) is 0 Å². The van der Waals surface area contributed by atoms with E-state index in [1.54, 1.807) is 48.3 Å². The van der Waals surface area contributed by atoms with Gasteiger partial charge in [-0.2, -0.15) is 20.2 Å². The van der Waals surface area contributed by atoms with E-state index < -0.39 is 0 Å². The first kappa shape index (κ1) is 26.6. The quantitative estimate of drug-likeness (QED) is 0.506. The van der Waals surface area contributed by atoms with Crippen molar-refractivity contribution in [3.8, 4) is 11.8 Å². The van der Waals surface area contributed by atoms with Crippen LogP contribution in [-0.4, -0.2) is 55.7 Å². The highest BCUT2D eigenvalue weighted by Crippen LogP contribution is 2.20. The van der Waals surface area contributed by atoms with Crippen LogP contribution in [-0.2, 0) is 0 Å². The Morgan fingerprint density at radius 3 is 1.93 bits per heavy atom. The molecule has 9 heteroatoms. The maximum absolute atomic E-state index is 4.57. The third-order valence-corrected chi connectivity index (χ3v) is 3.28. The summed E-state index contributed by atoms with van der Waals surface area (Å²) in [7, 11) is 3.37. The molecule has 0 unspecified atom stereocenters. The lowest BCUT2D eigenvalue weighted by Gasteiger charge is -2.13. The maximum Gasteiger partial charge on any atom is 0.254 e. The molecule has 0 radical (unpaired) electrons. The molecule has 164 valence electrons. The van der Waals surface area contributed by atoms with Gasteiger partial charge in [-0.3, -0.25) is 9.98 Å². The van der Waals surface area contributed by atoms with Crippen LogP contribution in [0.3, 0.4) is 0 Å². The molecule has 0 aromatic carbocycles. The van der Waals surface area contributed by atoms with Crippen LogP contribution in [0.2, 0.25) is 0 Å². The molecular formula is C21H35N9. The molecule has 0 amide bonds. The molecule has 0 aliphatic carbocycles. The van der Waals surface area contributed by atoms with Crippen LogP contribution in [0.5, 0.6) is 0 Å². The largest absolute Gasteiger partial charge is 0.324 e. The van der Waals surface area contributed by atoms with E-state index in [-0.39, 0.29) is 0 Å². The van der Waals surface area contributed by atoms with Crippen LogP contribution < -0.4 is 5.32 Å². The zero-order valence-electron chi connectivity index (χ0n) is 19.6. The first-order valence-corrected chi connectivity index (χ1v) is 10.3. The van der Waals surface area contributed by atoms with E-state index >= 15 is 0 Å². The van der Waals surface area contributed by atoms with Gasteiger partial charge in [-0.25, -0.2) is 9.36 Å². The van der Waals surface area contributed by atoms with Gasteiger partial charge in [-0.05, 0) is 19.1 Å². The molecule has 3 rings (SSSR count). The molecule has 3 aromatic heterocycles. The monoisotopic (exact) mass is 413 g/mol. The minimum absolute atomic E-state index is 0.433. The van der Waals surface area contributed by atoms with Crippen LogP contribution in [0.15, 0.2) is 46.9 Å². The predicted octanol–water partition coefficient (Wildman–Crippen LogP) is 4.38. The summed E-state index contributed by atoms with van der Waals surface area (Å²) in [6.07, 6.45) is 8.61. The number of hydrogen-bond donors (Lipinski definition) is 1. The number of rotatable bonds is 4. The smallest absolute Gasteiger partial charge is 0.254 e. The van der Waals surface area contributed by atoms with Crippen LogP contribution in [0.1, 0.15) is 47.1 Å². The van der Waals surface area contributed by atoms with Gasteiger partial charge >= 0.3 is 0 Å². The minimum atomic E-state index is 0.433. The minimum Gasteiger partial charge on any atom is -0.324 e. The predicted molar refractivity (Wildman–Crippen MR) is 126 cm³/mol. The van der Waals surface area contributed by atoms with Gasteiger partial charge in [0.1, 0.15) is 11.7 Å². The summed E-state index contributed by atoms with van der Waals surface area (Å²) in [6, 6.07) is 3.65. The zero-order valence-corrected chi connectivity index (χ0v) is 19.6. The summed E-state index contributed by atoms with van der Waals surface area (Å²) in [4.78, 5) is 17.3. The molecule has 0 atom stereocenters. The topological polar surface area (TPSA) is 98.2 Å². The lowest BCUT2D eigenvalue weighted by atomic mass is 10.3. The molecule has 0 spiro atoms. The molecule has 9 nitrogen and oxygen atoms in total. The van der Waals surface area contributed by atoms with Crippen molar-refractivity contribution in [2.45, 2.75) is 48.5 Å². The molecule has 0 bridgehead atoms. The Bertz CT molecular complexity index is 864. The Morgan fingerprint density at radius 2 is 1.47 bits per heavy atom. The molecule has 0 fully saturated rings. The van der Waals surface area contributed by atoms with Gasteiger partial charge in [-0.1, -0.05) is 41.5 Å². The van der Waals surface area contributed by atoms with Crippen molar-refractivity contribution in [3.05, 3.63) is 42.5 Å². The number of amidine groups is 1. The molecule has 0 saturated carbocycles. The first-order chi connectivity index (χ1) is 14.7. The summed E-state index contributed by atoms with van der Waals surface area (Å²) in [5.74, 6) is 2.30. The molecule has 3 aromatic rings. The second-order valence-corrected chi connectivity index (χ2v) is 4.84. The van der Waals surface area contributed by atoms with Crippen molar-refractivity contribution in [2.24, 2.45) is 9.98 Å². The van der Waals surface area contributed by atoms with E-state index in [9.17, 15) is 0 Å². The van der Waals surface area contributed by atoms with E-state index in [1.807, 2.05) is 66.8 Å². The van der Waals surface area contributed by atoms with Crippen LogP contribution in [0.4, 0.5) is 5.82 Å². The Labute approximate surface area is 180 Å². The van der Waals surface area contributed by atoms with E-state index in [4.69, 9.17) is 0 Å². The highest BCUT2D eigenvalue weighted by molar-refractivity contribution is 6.34. The van der Waals surface area contributed by atoms with Gasteiger partial charge in [0.15, 0.2) is 5.82 Å². The van der Waals surface area contributed by atoms with E-state index in [0.29, 0.717) is 23.4 Å². The number of aliphatic imine (C=N–C) groups is 2. The molecule has 0 saturated heterocycles. The van der Waals surface area contributed by atoms with Gasteiger partial charge < -0.3 is 5.32 Å². The highest BCUT2D eigenvalue weighted by Gasteiger charge is 2.15. The van der Waals surface area contributed by atoms with Crippen LogP contribution in [0, 0.1) is 6.92 Å². The van der Waals surface area contributed by atoms with Gasteiger partial charge in [0, 0.05) is 44.4 Å². The van der Waals surface area contributed by atoms with Crippen molar-refractivity contribution >= 4 is 17.9 Å². The fraction of sp³-hybridized carbons (Fsp3) is 0.429. The fourth-order valence-electron chi connectivity index (χ4n) is 2.11. The van der Waals surface area contributed by atoms with Crippen molar-refractivity contribution in [1.82, 2.24) is 29.5 Å². The normalized spacial score (nSPS) is 10.2. The number of hydrogen-bond acceptors (Lipinski definition) is 6. The number of nitrogens with zero attached hydrogens (tertiary/aromatic N) is 8. The lowest BCUT2D eigenvalue weighted by Crippen LogP contribution is -2.18. The van der Waals surface area contributed by atoms with E-state index in [2.05, 4.69) is 35.5 Å². The summed E-state index contributed by atoms with van der Waals surface area (Å²) in [6.45, 7) is 13.9. The van der Waals surface area contributed by atoms with Crippen molar-refractivity contribution in [2.75, 3.05) is 19.4 Å². The van der Waals surface area contributed by atoms with Crippen molar-refractivity contribution < 1.29 is 0 Å². The molecule has 1 N–H and O–H groups in total. The van der Waals surface area contributed by atoms with Crippen LogP contribution >= 0.6 is 0 Å².